The molecule has 2 saturated carbocycles. The number of fused-ring (bicyclic) bond motifs is 4. The standard InChI is InChI=1S/2C27H30N4O3.2C26H28N4O2/c1-18(2)22-9-4-5-10-23(22)25-28-14-24-26(29-25)31(27(32)30(24)3)15-19-7-6-8-21(13-19)34-17-20-11-12-33-16-20;1-18(2)22-6-4-5-7-23(22)25-28-16-24-26(29-25)31(27(32)30(24)3)17-19-8-10-20(11-9-19)34-21-12-14-33-15-13-21;1-17(2)21-9-4-5-10-22(21)24-27-15-23-25(28-24)30(26(31)29(23)3)16-18-11-13-20(14-12-18)32-19-7-6-8-19;1-17(2)21-9-4-5-10-22(21)24-27-14-23-25(28-24)30(26(31)29(23)3)15-19-7-6-8-20(13-19)32-16-18-11-12-18/h4-10,13-14,18,20H,11-12,15-17H2,1-3H3;4-11,16,18,21H,12-15,17H2,1-3H3;4-5,9-15,17,19H,6-8,16H2,1-3H3;4-10,13-14,17-18H,11-12,15-16H2,1-3H3. The molecule has 0 spiro atoms. The van der Waals surface area contributed by atoms with Crippen molar-refractivity contribution in [3.63, 3.8) is 0 Å². The van der Waals surface area contributed by atoms with E-state index in [-0.39, 0.29) is 28.9 Å². The van der Waals surface area contributed by atoms with Crippen LogP contribution in [0.15, 0.2) is 238 Å². The summed E-state index contributed by atoms with van der Waals surface area (Å²) < 4.78 is 48.1. The van der Waals surface area contributed by atoms with E-state index in [1.54, 1.807) is 89.5 Å². The zero-order chi connectivity index (χ0) is 91.8. The van der Waals surface area contributed by atoms with Gasteiger partial charge in [0.1, 0.15) is 51.2 Å². The lowest BCUT2D eigenvalue weighted by Gasteiger charge is -2.26. The Morgan fingerprint density at radius 1 is 0.326 bits per heavy atom. The molecule has 4 fully saturated rings. The smallest absolute Gasteiger partial charge is 0.330 e. The minimum absolute atomic E-state index is 0.0987. The Balaban J connectivity index is 0.000000123. The molecule has 4 aliphatic rings. The van der Waals surface area contributed by atoms with Gasteiger partial charge < -0.3 is 28.4 Å². The summed E-state index contributed by atoms with van der Waals surface area (Å²) in [6.45, 7) is 23.5. The number of hydrogen-bond acceptors (Lipinski definition) is 18. The van der Waals surface area contributed by atoms with Gasteiger partial charge in [0.15, 0.2) is 45.9 Å². The van der Waals surface area contributed by atoms with Crippen LogP contribution in [0.3, 0.4) is 0 Å². The molecule has 16 aromatic rings. The molecule has 8 aromatic heterocycles. The highest BCUT2D eigenvalue weighted by Crippen LogP contribution is 2.36. The molecule has 1 unspecified atom stereocenters. The maximum absolute atomic E-state index is 13.1. The summed E-state index contributed by atoms with van der Waals surface area (Å²) in [7, 11) is 7.05. The van der Waals surface area contributed by atoms with Crippen LogP contribution in [0.5, 0.6) is 23.0 Å². The van der Waals surface area contributed by atoms with Crippen LogP contribution in [0.1, 0.15) is 175 Å². The van der Waals surface area contributed by atoms with Crippen molar-refractivity contribution >= 4 is 44.7 Å². The lowest BCUT2D eigenvalue weighted by Crippen LogP contribution is -2.25. The molecular weight excluding hydrogens is 1660 g/mol. The molecule has 2 aliphatic heterocycles. The predicted octanol–water partition coefficient (Wildman–Crippen LogP) is 18.6. The van der Waals surface area contributed by atoms with E-state index in [1.807, 2.05) is 170 Å². The van der Waals surface area contributed by atoms with Crippen LogP contribution in [0, 0.1) is 11.8 Å². The molecule has 0 amide bonds. The SMILES string of the molecule is CC(C)c1ccccc1-c1ncc2c(n1)n(Cc1ccc(OC3CCC3)cc1)c(=O)n2C.CC(C)c1ccccc1-c1ncc2c(n1)n(Cc1ccc(OC3CCOCC3)cc1)c(=O)n2C.CC(C)c1ccccc1-c1ncc2c(n1)n(Cc1cccc(OCC3CC3)c1)c(=O)n2C.CC(C)c1ccccc1-c1ncc2c(n1)n(Cc1cccc(OCC3CCOC3)c1)c(=O)n2C. The first-order valence-corrected chi connectivity index (χ1v) is 46.2. The summed E-state index contributed by atoms with van der Waals surface area (Å²) in [5.41, 5.74) is 17.8. The first kappa shape index (κ1) is 90.2. The van der Waals surface area contributed by atoms with Gasteiger partial charge in [-0.3, -0.25) is 36.5 Å². The molecule has 680 valence electrons. The molecule has 10 heterocycles. The van der Waals surface area contributed by atoms with Gasteiger partial charge in [-0.2, -0.15) is 0 Å². The molecule has 20 rings (SSSR count). The van der Waals surface area contributed by atoms with Gasteiger partial charge >= 0.3 is 22.8 Å². The molecule has 132 heavy (non-hydrogen) atoms. The fraction of sp³-hybridized carbons (Fsp3) is 0.358. The van der Waals surface area contributed by atoms with E-state index < -0.39 is 0 Å². The van der Waals surface area contributed by atoms with Crippen molar-refractivity contribution in [2.24, 2.45) is 40.0 Å². The molecule has 1 atom stereocenters. The van der Waals surface area contributed by atoms with Crippen LogP contribution in [-0.4, -0.2) is 128 Å². The summed E-state index contributed by atoms with van der Waals surface area (Å²) in [5.74, 6) is 8.46. The molecule has 0 bridgehead atoms. The van der Waals surface area contributed by atoms with Crippen LogP contribution < -0.4 is 41.7 Å². The topological polar surface area (TPSA) is 266 Å². The minimum Gasteiger partial charge on any atom is -0.493 e. The maximum atomic E-state index is 13.1. The fourth-order valence-corrected chi connectivity index (χ4v) is 17.3. The number of hydrogen-bond donors (Lipinski definition) is 0. The van der Waals surface area contributed by atoms with E-state index >= 15 is 0 Å². The van der Waals surface area contributed by atoms with Gasteiger partial charge in [-0.05, 0) is 161 Å². The van der Waals surface area contributed by atoms with Gasteiger partial charge in [-0.15, -0.1) is 0 Å². The van der Waals surface area contributed by atoms with Crippen molar-refractivity contribution in [2.75, 3.05) is 39.6 Å². The average Bonchev–Trinajstić information content (AvgIpc) is 1.63. The highest BCUT2D eigenvalue weighted by molar-refractivity contribution is 5.78. The predicted molar refractivity (Wildman–Crippen MR) is 517 cm³/mol. The van der Waals surface area contributed by atoms with E-state index in [0.29, 0.717) is 126 Å². The Morgan fingerprint density at radius 3 is 0.939 bits per heavy atom. The largest absolute Gasteiger partial charge is 0.493 e. The second-order valence-corrected chi connectivity index (χ2v) is 36.3. The van der Waals surface area contributed by atoms with Crippen molar-refractivity contribution in [1.82, 2.24) is 76.4 Å². The first-order chi connectivity index (χ1) is 64.0. The number of aromatic nitrogens is 16. The fourth-order valence-electron chi connectivity index (χ4n) is 17.3. The molecule has 0 radical (unpaired) electrons. The van der Waals surface area contributed by atoms with Crippen LogP contribution in [0.4, 0.5) is 0 Å². The number of benzene rings is 8. The van der Waals surface area contributed by atoms with Gasteiger partial charge in [-0.25, -0.2) is 59.0 Å². The van der Waals surface area contributed by atoms with E-state index in [2.05, 4.69) is 99.6 Å². The van der Waals surface area contributed by atoms with Crippen LogP contribution in [0.2, 0.25) is 0 Å². The quantitative estimate of drug-likeness (QED) is 0.0487. The first-order valence-electron chi connectivity index (χ1n) is 46.2. The molecule has 26 heteroatoms. The Kier molecular flexibility index (Phi) is 27.6. The number of nitrogens with zero attached hydrogens (tertiary/aromatic N) is 16. The lowest BCUT2D eigenvalue weighted by atomic mass is 9.96. The van der Waals surface area contributed by atoms with E-state index in [9.17, 15) is 19.2 Å². The number of ether oxygens (including phenoxy) is 6. The van der Waals surface area contributed by atoms with Gasteiger partial charge in [0.05, 0.1) is 90.1 Å². The minimum atomic E-state index is -0.118. The van der Waals surface area contributed by atoms with Crippen molar-refractivity contribution in [2.45, 2.75) is 169 Å². The Hall–Kier alpha value is -13.7. The van der Waals surface area contributed by atoms with Crippen molar-refractivity contribution in [3.05, 3.63) is 305 Å². The summed E-state index contributed by atoms with van der Waals surface area (Å²) in [5, 5.41) is 0. The van der Waals surface area contributed by atoms with Crippen LogP contribution in [0.25, 0.3) is 90.2 Å². The van der Waals surface area contributed by atoms with Crippen LogP contribution >= 0.6 is 0 Å². The van der Waals surface area contributed by atoms with Gasteiger partial charge in [0.2, 0.25) is 0 Å². The summed E-state index contributed by atoms with van der Waals surface area (Å²) in [4.78, 5) is 90.1. The highest BCUT2D eigenvalue weighted by Gasteiger charge is 2.27. The number of imidazole rings is 4. The molecule has 26 nitrogen and oxygen atoms in total. The van der Waals surface area contributed by atoms with Crippen molar-refractivity contribution in [1.29, 1.82) is 0 Å². The zero-order valence-electron chi connectivity index (χ0n) is 77.4. The van der Waals surface area contributed by atoms with Gasteiger partial charge in [0.25, 0.3) is 0 Å². The molecule has 0 N–H and O–H groups in total. The van der Waals surface area contributed by atoms with E-state index in [1.165, 1.54) is 41.5 Å². The molecule has 2 saturated heterocycles. The molecule has 8 aromatic carbocycles. The molecular formula is C106H116N16O10. The normalized spacial score (nSPS) is 14.7. The zero-order valence-corrected chi connectivity index (χ0v) is 77.4. The number of aryl methyl sites for hydroxylation is 4. The Morgan fingerprint density at radius 2 is 0.636 bits per heavy atom. The lowest BCUT2D eigenvalue weighted by molar-refractivity contribution is 0.0255. The summed E-state index contributed by atoms with van der Waals surface area (Å²) >= 11 is 0. The monoisotopic (exact) mass is 1770 g/mol. The summed E-state index contributed by atoms with van der Waals surface area (Å²) in [6.07, 6.45) is 16.4. The average molecular weight is 1770 g/mol. The van der Waals surface area contributed by atoms with E-state index in [4.69, 9.17) is 48.4 Å². The highest BCUT2D eigenvalue weighted by atomic mass is 16.5. The maximum Gasteiger partial charge on any atom is 0.330 e. The van der Waals surface area contributed by atoms with Crippen molar-refractivity contribution in [3.8, 4) is 68.5 Å². The summed E-state index contributed by atoms with van der Waals surface area (Å²) in [6, 6.07) is 64.6. The van der Waals surface area contributed by atoms with Gasteiger partial charge in [0, 0.05) is 75.8 Å². The third kappa shape index (κ3) is 20.2. The Bertz CT molecular complexity index is 7030. The Labute approximate surface area is 767 Å². The third-order valence-electron chi connectivity index (χ3n) is 25.4. The second-order valence-electron chi connectivity index (χ2n) is 36.3. The molecule has 2 aliphatic carbocycles. The van der Waals surface area contributed by atoms with Crippen LogP contribution in [-0.2, 0) is 63.8 Å². The second kappa shape index (κ2) is 40.3. The van der Waals surface area contributed by atoms with Crippen molar-refractivity contribution < 1.29 is 28.4 Å². The number of rotatable bonds is 26. The van der Waals surface area contributed by atoms with E-state index in [0.717, 1.165) is 149 Å². The van der Waals surface area contributed by atoms with Gasteiger partial charge in [-0.1, -0.05) is 201 Å². The third-order valence-corrected chi connectivity index (χ3v) is 25.4.